The normalized spacial score (nSPS) is 11.8. The smallest absolute Gasteiger partial charge is 0.251 e. The molecule has 0 fully saturated rings. The van der Waals surface area contributed by atoms with Gasteiger partial charge in [0.2, 0.25) is 5.91 Å². The zero-order valence-corrected chi connectivity index (χ0v) is 20.4. The van der Waals surface area contributed by atoms with Crippen molar-refractivity contribution in [3.05, 3.63) is 64.9 Å². The van der Waals surface area contributed by atoms with Crippen molar-refractivity contribution in [2.24, 2.45) is 0 Å². The molecule has 1 aromatic heterocycles. The van der Waals surface area contributed by atoms with Crippen molar-refractivity contribution in [2.45, 2.75) is 36.5 Å². The van der Waals surface area contributed by atoms with Crippen LogP contribution in [-0.2, 0) is 11.3 Å². The number of benzene rings is 2. The van der Waals surface area contributed by atoms with Crippen molar-refractivity contribution in [1.82, 2.24) is 20.1 Å². The molecular formula is C22H24ClN5O2S2. The summed E-state index contributed by atoms with van der Waals surface area (Å²) in [5, 5.41) is 15.5. The zero-order chi connectivity index (χ0) is 23.1. The van der Waals surface area contributed by atoms with Crippen LogP contribution in [0, 0.1) is 0 Å². The molecular weight excluding hydrogens is 466 g/mol. The minimum absolute atomic E-state index is 0.121. The van der Waals surface area contributed by atoms with Crippen LogP contribution in [0.15, 0.2) is 58.6 Å². The van der Waals surface area contributed by atoms with Gasteiger partial charge < -0.3 is 15.2 Å². The molecule has 0 unspecified atom stereocenters. The van der Waals surface area contributed by atoms with Gasteiger partial charge in [-0.1, -0.05) is 29.4 Å². The van der Waals surface area contributed by atoms with Crippen molar-refractivity contribution in [1.29, 1.82) is 0 Å². The van der Waals surface area contributed by atoms with Gasteiger partial charge in [0.1, 0.15) is 0 Å². The first-order valence-electron chi connectivity index (χ1n) is 9.97. The maximum atomic E-state index is 12.5. The van der Waals surface area contributed by atoms with E-state index in [0.717, 1.165) is 10.6 Å². The summed E-state index contributed by atoms with van der Waals surface area (Å²) in [4.78, 5) is 26.0. The molecule has 0 saturated carbocycles. The van der Waals surface area contributed by atoms with E-state index in [2.05, 4.69) is 20.8 Å². The van der Waals surface area contributed by atoms with Crippen LogP contribution in [0.5, 0.6) is 0 Å². The van der Waals surface area contributed by atoms with Crippen LogP contribution in [0.4, 0.5) is 5.69 Å². The highest BCUT2D eigenvalue weighted by Gasteiger charge is 2.20. The minimum Gasteiger partial charge on any atom is -0.342 e. The Morgan fingerprint density at radius 1 is 1.16 bits per heavy atom. The third-order valence-corrected chi connectivity index (χ3v) is 6.53. The Hall–Kier alpha value is -2.49. The lowest BCUT2D eigenvalue weighted by atomic mass is 10.2. The Bertz CT molecular complexity index is 1090. The van der Waals surface area contributed by atoms with E-state index in [9.17, 15) is 9.59 Å². The molecule has 0 saturated heterocycles. The monoisotopic (exact) mass is 489 g/mol. The van der Waals surface area contributed by atoms with Crippen LogP contribution >= 0.6 is 35.1 Å². The van der Waals surface area contributed by atoms with Gasteiger partial charge in [0, 0.05) is 27.7 Å². The average Bonchev–Trinajstić information content (AvgIpc) is 3.21. The molecule has 10 heteroatoms. The molecule has 7 nitrogen and oxygen atoms in total. The molecule has 2 amide bonds. The third kappa shape index (κ3) is 6.27. The molecule has 0 radical (unpaired) electrons. The number of thioether (sulfide) groups is 2. The Morgan fingerprint density at radius 3 is 2.59 bits per heavy atom. The molecule has 2 aromatic carbocycles. The van der Waals surface area contributed by atoms with Crippen molar-refractivity contribution >= 4 is 52.6 Å². The van der Waals surface area contributed by atoms with Crippen LogP contribution < -0.4 is 10.6 Å². The van der Waals surface area contributed by atoms with Crippen molar-refractivity contribution < 1.29 is 9.59 Å². The molecule has 0 bridgehead atoms. The van der Waals surface area contributed by atoms with E-state index in [0.29, 0.717) is 28.1 Å². The summed E-state index contributed by atoms with van der Waals surface area (Å²) < 4.78 is 1.90. The molecule has 168 valence electrons. The number of nitrogens with one attached hydrogen (secondary N) is 2. The van der Waals surface area contributed by atoms with Gasteiger partial charge in [-0.05, 0) is 62.6 Å². The summed E-state index contributed by atoms with van der Waals surface area (Å²) in [6.45, 7) is 4.44. The lowest BCUT2D eigenvalue weighted by Crippen LogP contribution is -2.28. The summed E-state index contributed by atoms with van der Waals surface area (Å²) in [6, 6.07) is 14.0. The summed E-state index contributed by atoms with van der Waals surface area (Å²) in [7, 11) is 0. The fourth-order valence-corrected chi connectivity index (χ4v) is 4.39. The Labute approximate surface area is 200 Å². The first kappa shape index (κ1) is 24.2. The molecule has 3 rings (SSSR count). The lowest BCUT2D eigenvalue weighted by molar-refractivity contribution is -0.113. The van der Waals surface area contributed by atoms with Crippen molar-refractivity contribution in [3.63, 3.8) is 0 Å². The second-order valence-electron chi connectivity index (χ2n) is 6.86. The van der Waals surface area contributed by atoms with Crippen LogP contribution in [0.2, 0.25) is 5.02 Å². The number of hydrogen-bond donors (Lipinski definition) is 2. The highest BCUT2D eigenvalue weighted by molar-refractivity contribution is 7.99. The fourth-order valence-electron chi connectivity index (χ4n) is 3.00. The van der Waals surface area contributed by atoms with Gasteiger partial charge >= 0.3 is 0 Å². The fraction of sp³-hybridized carbons (Fsp3) is 0.273. The number of aromatic nitrogens is 3. The maximum Gasteiger partial charge on any atom is 0.251 e. The predicted octanol–water partition coefficient (Wildman–Crippen LogP) is 4.90. The molecule has 0 aliphatic rings. The van der Waals surface area contributed by atoms with E-state index >= 15 is 0 Å². The van der Waals surface area contributed by atoms with E-state index in [-0.39, 0.29) is 23.6 Å². The number of anilines is 1. The van der Waals surface area contributed by atoms with Crippen molar-refractivity contribution in [2.75, 3.05) is 17.3 Å². The van der Waals surface area contributed by atoms with Gasteiger partial charge in [-0.15, -0.1) is 22.0 Å². The van der Waals surface area contributed by atoms with E-state index in [1.807, 2.05) is 48.9 Å². The number of nitrogens with zero attached hydrogens (tertiary/aromatic N) is 3. The van der Waals surface area contributed by atoms with E-state index < -0.39 is 0 Å². The second kappa shape index (κ2) is 11.4. The number of hydrogen-bond acceptors (Lipinski definition) is 6. The largest absolute Gasteiger partial charge is 0.342 e. The van der Waals surface area contributed by atoms with E-state index in [4.69, 9.17) is 11.6 Å². The topological polar surface area (TPSA) is 88.9 Å². The molecule has 1 heterocycles. The zero-order valence-electron chi connectivity index (χ0n) is 18.0. The standard InChI is InChI=1S/C22H24ClN5O2S2/c1-4-28-20(14(2)24-21(30)15-8-10-16(23)11-9-15)26-27-22(28)32-13-19(29)25-17-6-5-7-18(12-17)31-3/h5-12,14H,4,13H2,1-3H3,(H,24,30)(H,25,29)/t14-/m1/s1. The Kier molecular flexibility index (Phi) is 8.60. The van der Waals surface area contributed by atoms with Gasteiger partial charge in [0.05, 0.1) is 11.8 Å². The Balaban J connectivity index is 1.61. The molecule has 32 heavy (non-hydrogen) atoms. The lowest BCUT2D eigenvalue weighted by Gasteiger charge is -2.15. The quantitative estimate of drug-likeness (QED) is 0.416. The Morgan fingerprint density at radius 2 is 1.91 bits per heavy atom. The summed E-state index contributed by atoms with van der Waals surface area (Å²) in [6.07, 6.45) is 1.99. The first-order chi connectivity index (χ1) is 15.4. The van der Waals surface area contributed by atoms with E-state index in [1.54, 1.807) is 36.0 Å². The molecule has 3 aromatic rings. The number of carbonyl (C=O) groups is 2. The van der Waals surface area contributed by atoms with Crippen molar-refractivity contribution in [3.8, 4) is 0 Å². The summed E-state index contributed by atoms with van der Waals surface area (Å²) in [5.74, 6) is 0.489. The molecule has 0 aliphatic heterocycles. The van der Waals surface area contributed by atoms with Gasteiger partial charge in [0.15, 0.2) is 11.0 Å². The van der Waals surface area contributed by atoms with Crippen LogP contribution in [0.1, 0.15) is 36.1 Å². The molecule has 1 atom stereocenters. The second-order valence-corrected chi connectivity index (χ2v) is 9.11. The summed E-state index contributed by atoms with van der Waals surface area (Å²) in [5.41, 5.74) is 1.28. The summed E-state index contributed by atoms with van der Waals surface area (Å²) >= 11 is 8.81. The predicted molar refractivity (Wildman–Crippen MR) is 131 cm³/mol. The number of rotatable bonds is 9. The van der Waals surface area contributed by atoms with E-state index in [1.165, 1.54) is 11.8 Å². The molecule has 0 aliphatic carbocycles. The third-order valence-electron chi connectivity index (χ3n) is 4.59. The number of carbonyl (C=O) groups excluding carboxylic acids is 2. The van der Waals surface area contributed by atoms with Gasteiger partial charge in [-0.25, -0.2) is 0 Å². The molecule has 2 N–H and O–H groups in total. The number of halogens is 1. The maximum absolute atomic E-state index is 12.5. The minimum atomic E-state index is -0.358. The highest BCUT2D eigenvalue weighted by Crippen LogP contribution is 2.22. The van der Waals surface area contributed by atoms with Gasteiger partial charge in [-0.2, -0.15) is 0 Å². The molecule has 0 spiro atoms. The van der Waals surface area contributed by atoms with Gasteiger partial charge in [0.25, 0.3) is 5.91 Å². The van der Waals surface area contributed by atoms with Crippen LogP contribution in [-0.4, -0.2) is 38.6 Å². The van der Waals surface area contributed by atoms with Gasteiger partial charge in [-0.3, -0.25) is 9.59 Å². The SMILES string of the molecule is CCn1c(SCC(=O)Nc2cccc(SC)c2)nnc1[C@@H](C)NC(=O)c1ccc(Cl)cc1. The first-order valence-corrected chi connectivity index (χ1v) is 12.6. The van der Waals surface area contributed by atoms with Crippen LogP contribution in [0.25, 0.3) is 0 Å². The van der Waals surface area contributed by atoms with Crippen LogP contribution in [0.3, 0.4) is 0 Å². The highest BCUT2D eigenvalue weighted by atomic mass is 35.5. The average molecular weight is 490 g/mol. The number of amides is 2.